The van der Waals surface area contributed by atoms with Gasteiger partial charge in [0.15, 0.2) is 0 Å². The first kappa shape index (κ1) is 35.3. The van der Waals surface area contributed by atoms with Gasteiger partial charge in [-0.05, 0) is 70.8 Å². The number of ether oxygens (including phenoxy) is 3. The highest BCUT2D eigenvalue weighted by Gasteiger charge is 2.12. The monoisotopic (exact) mass is 724 g/mol. The third-order valence-electron chi connectivity index (χ3n) is 9.16. The van der Waals surface area contributed by atoms with Gasteiger partial charge in [-0.15, -0.1) is 0 Å². The topological polar surface area (TPSA) is 79.8 Å². The Morgan fingerprint density at radius 1 is 0.418 bits per heavy atom. The Bertz CT molecular complexity index is 2270. The summed E-state index contributed by atoms with van der Waals surface area (Å²) in [5.41, 5.74) is 10.00. The molecule has 55 heavy (non-hydrogen) atoms. The maximum absolute atomic E-state index is 6.27. The highest BCUT2D eigenvalue weighted by molar-refractivity contribution is 5.72. The van der Waals surface area contributed by atoms with Crippen LogP contribution in [0.5, 0.6) is 11.5 Å². The van der Waals surface area contributed by atoms with E-state index in [-0.39, 0.29) is 0 Å². The zero-order valence-corrected chi connectivity index (χ0v) is 30.3. The molecule has 0 fully saturated rings. The molecule has 0 spiro atoms. The standard InChI is InChI=1S/C48H40N2O5/c1-3-15-37(16-4-1)47-49-41(33-54-47)25-27-52-45-23-9-7-21-43(45)39-19-11-13-35(29-39)31-51-32-36-14-12-20-40(30-36)44-22-8-10-24-46(44)53-28-26-42-34-55-48(50-42)38-17-5-2-6-18-38/h1-24,29-30,33-34H,25-28,31-32H2. The van der Waals surface area contributed by atoms with Crippen LogP contribution in [0.25, 0.3) is 45.2 Å². The summed E-state index contributed by atoms with van der Waals surface area (Å²) in [6.07, 6.45) is 4.68. The number of oxazole rings is 2. The van der Waals surface area contributed by atoms with Crippen molar-refractivity contribution in [1.29, 1.82) is 0 Å². The fourth-order valence-corrected chi connectivity index (χ4v) is 6.41. The molecule has 7 heteroatoms. The van der Waals surface area contributed by atoms with Gasteiger partial charge in [0.05, 0.1) is 37.8 Å². The van der Waals surface area contributed by atoms with E-state index in [2.05, 4.69) is 70.6 Å². The number of benzene rings is 6. The molecule has 2 heterocycles. The van der Waals surface area contributed by atoms with Gasteiger partial charge in [-0.2, -0.15) is 0 Å². The molecule has 0 aliphatic heterocycles. The summed E-state index contributed by atoms with van der Waals surface area (Å²) in [5.74, 6) is 2.88. The van der Waals surface area contributed by atoms with E-state index in [1.54, 1.807) is 12.5 Å². The molecule has 0 atom stereocenters. The Morgan fingerprint density at radius 3 is 1.31 bits per heavy atom. The van der Waals surface area contributed by atoms with E-state index in [0.717, 1.165) is 67.4 Å². The first-order chi connectivity index (χ1) is 27.2. The largest absolute Gasteiger partial charge is 0.493 e. The normalized spacial score (nSPS) is 11.1. The van der Waals surface area contributed by atoms with Crippen molar-refractivity contribution in [3.8, 4) is 56.7 Å². The van der Waals surface area contributed by atoms with Crippen LogP contribution >= 0.6 is 0 Å². The van der Waals surface area contributed by atoms with Gasteiger partial charge in [-0.3, -0.25) is 0 Å². The fourth-order valence-electron chi connectivity index (χ4n) is 6.41. The van der Waals surface area contributed by atoms with Crippen LogP contribution < -0.4 is 9.47 Å². The Morgan fingerprint density at radius 2 is 0.836 bits per heavy atom. The molecule has 0 aliphatic rings. The van der Waals surface area contributed by atoms with Gasteiger partial charge in [-0.25, -0.2) is 9.97 Å². The van der Waals surface area contributed by atoms with Gasteiger partial charge < -0.3 is 23.0 Å². The minimum Gasteiger partial charge on any atom is -0.493 e. The number of hydrogen-bond acceptors (Lipinski definition) is 7. The van der Waals surface area contributed by atoms with Gasteiger partial charge in [0, 0.05) is 35.1 Å². The van der Waals surface area contributed by atoms with Crippen molar-refractivity contribution in [1.82, 2.24) is 9.97 Å². The molecule has 0 amide bonds. The van der Waals surface area contributed by atoms with E-state index in [9.17, 15) is 0 Å². The molecule has 272 valence electrons. The second-order valence-electron chi connectivity index (χ2n) is 13.1. The average molecular weight is 725 g/mol. The van der Waals surface area contributed by atoms with Crippen LogP contribution in [0, 0.1) is 0 Å². The maximum atomic E-state index is 6.27. The smallest absolute Gasteiger partial charge is 0.226 e. The van der Waals surface area contributed by atoms with Gasteiger partial charge in [0.2, 0.25) is 11.8 Å². The Balaban J connectivity index is 0.853. The van der Waals surface area contributed by atoms with Crippen molar-refractivity contribution in [3.63, 3.8) is 0 Å². The Labute approximate surface area is 320 Å². The van der Waals surface area contributed by atoms with Crippen molar-refractivity contribution in [2.45, 2.75) is 26.1 Å². The van der Waals surface area contributed by atoms with Crippen LogP contribution in [0.2, 0.25) is 0 Å². The summed E-state index contributed by atoms with van der Waals surface area (Å²) < 4.78 is 30.2. The first-order valence-electron chi connectivity index (χ1n) is 18.4. The summed E-state index contributed by atoms with van der Waals surface area (Å²) >= 11 is 0. The van der Waals surface area contributed by atoms with Crippen LogP contribution in [-0.4, -0.2) is 23.2 Å². The molecule has 0 bridgehead atoms. The minimum absolute atomic E-state index is 0.477. The Hall–Kier alpha value is -6.70. The van der Waals surface area contributed by atoms with Crippen molar-refractivity contribution in [3.05, 3.63) is 193 Å². The van der Waals surface area contributed by atoms with Crippen molar-refractivity contribution >= 4 is 0 Å². The fraction of sp³-hybridized carbons (Fsp3) is 0.125. The van der Waals surface area contributed by atoms with Crippen LogP contribution in [0.3, 0.4) is 0 Å². The van der Waals surface area contributed by atoms with Crippen molar-refractivity contribution in [2.24, 2.45) is 0 Å². The molecule has 6 aromatic carbocycles. The molecule has 8 aromatic rings. The van der Waals surface area contributed by atoms with Gasteiger partial charge in [-0.1, -0.05) is 109 Å². The zero-order valence-electron chi connectivity index (χ0n) is 30.3. The molecule has 0 saturated carbocycles. The van der Waals surface area contributed by atoms with E-state index >= 15 is 0 Å². The summed E-state index contributed by atoms with van der Waals surface area (Å²) in [6.45, 7) is 1.92. The lowest BCUT2D eigenvalue weighted by Crippen LogP contribution is -2.03. The zero-order chi connectivity index (χ0) is 37.1. The molecular formula is C48H40N2O5. The van der Waals surface area contributed by atoms with Crippen LogP contribution in [-0.2, 0) is 30.8 Å². The molecule has 0 saturated heterocycles. The second-order valence-corrected chi connectivity index (χ2v) is 13.1. The number of rotatable bonds is 16. The number of nitrogens with zero attached hydrogens (tertiary/aromatic N) is 2. The van der Waals surface area contributed by atoms with E-state index in [1.807, 2.05) is 97.1 Å². The first-order valence-corrected chi connectivity index (χ1v) is 18.4. The molecule has 0 N–H and O–H groups in total. The number of hydrogen-bond donors (Lipinski definition) is 0. The minimum atomic E-state index is 0.477. The highest BCUT2D eigenvalue weighted by atomic mass is 16.5. The lowest BCUT2D eigenvalue weighted by atomic mass is 10.0. The molecule has 8 rings (SSSR count). The van der Waals surface area contributed by atoms with E-state index in [1.165, 1.54) is 0 Å². The molecule has 0 radical (unpaired) electrons. The summed E-state index contributed by atoms with van der Waals surface area (Å²) in [4.78, 5) is 9.27. The SMILES string of the molecule is c1ccc(-c2nc(CCOc3ccccc3-c3cccc(COCc4cccc(-c5ccccc5OCCc5coc(-c6ccccc6)n5)c4)c3)co2)cc1. The number of para-hydroxylation sites is 2. The predicted molar refractivity (Wildman–Crippen MR) is 215 cm³/mol. The Kier molecular flexibility index (Phi) is 11.2. The molecule has 0 unspecified atom stereocenters. The molecule has 2 aromatic heterocycles. The van der Waals surface area contributed by atoms with E-state index in [0.29, 0.717) is 51.1 Å². The predicted octanol–water partition coefficient (Wildman–Crippen LogP) is 11.3. The third-order valence-corrected chi connectivity index (χ3v) is 9.16. The number of aromatic nitrogens is 2. The van der Waals surface area contributed by atoms with Gasteiger partial charge >= 0.3 is 0 Å². The van der Waals surface area contributed by atoms with Crippen molar-refractivity contribution in [2.75, 3.05) is 13.2 Å². The maximum Gasteiger partial charge on any atom is 0.226 e. The summed E-state index contributed by atoms with van der Waals surface area (Å²) in [7, 11) is 0. The molecule has 7 nitrogen and oxygen atoms in total. The summed E-state index contributed by atoms with van der Waals surface area (Å²) in [6, 6.07) is 52.9. The van der Waals surface area contributed by atoms with E-state index < -0.39 is 0 Å². The summed E-state index contributed by atoms with van der Waals surface area (Å²) in [5, 5.41) is 0. The molecule has 0 aliphatic carbocycles. The highest BCUT2D eigenvalue weighted by Crippen LogP contribution is 2.32. The second kappa shape index (κ2) is 17.4. The lowest BCUT2D eigenvalue weighted by Gasteiger charge is -2.13. The molecular weight excluding hydrogens is 685 g/mol. The van der Waals surface area contributed by atoms with Gasteiger partial charge in [0.1, 0.15) is 24.0 Å². The van der Waals surface area contributed by atoms with Crippen LogP contribution in [0.4, 0.5) is 0 Å². The average Bonchev–Trinajstić information content (AvgIpc) is 3.93. The lowest BCUT2D eigenvalue weighted by molar-refractivity contribution is 0.107. The van der Waals surface area contributed by atoms with Crippen LogP contribution in [0.1, 0.15) is 22.5 Å². The quantitative estimate of drug-likeness (QED) is 0.0981. The van der Waals surface area contributed by atoms with E-state index in [4.69, 9.17) is 23.0 Å². The third kappa shape index (κ3) is 9.10. The van der Waals surface area contributed by atoms with Crippen molar-refractivity contribution < 1.29 is 23.0 Å². The van der Waals surface area contributed by atoms with Crippen LogP contribution in [0.15, 0.2) is 179 Å². The van der Waals surface area contributed by atoms with Gasteiger partial charge in [0.25, 0.3) is 0 Å².